The van der Waals surface area contributed by atoms with E-state index in [9.17, 15) is 0 Å². The first-order valence-electron chi connectivity index (χ1n) is 8.50. The van der Waals surface area contributed by atoms with Crippen LogP contribution >= 0.6 is 24.0 Å². The smallest absolute Gasteiger partial charge is 0.191 e. The molecule has 0 bridgehead atoms. The standard InChI is InChI=1S/C18H29N3O3.HI/c1-14-5-6-15(11-17(14)22-3)12-21-18(19-2)20-8-4-9-24-16-7-10-23-13-16;/h5-6,11,16H,4,7-10,12-13H2,1-3H3,(H2,19,20,21);1H. The lowest BCUT2D eigenvalue weighted by Gasteiger charge is -2.14. The first-order valence-corrected chi connectivity index (χ1v) is 8.50. The van der Waals surface area contributed by atoms with E-state index in [4.69, 9.17) is 14.2 Å². The fraction of sp³-hybridized carbons (Fsp3) is 0.611. The van der Waals surface area contributed by atoms with Crippen molar-refractivity contribution < 1.29 is 14.2 Å². The maximum Gasteiger partial charge on any atom is 0.191 e. The Labute approximate surface area is 167 Å². The summed E-state index contributed by atoms with van der Waals surface area (Å²) in [7, 11) is 3.47. The molecule has 1 saturated heterocycles. The Kier molecular flexibility index (Phi) is 10.8. The number of ether oxygens (including phenoxy) is 3. The van der Waals surface area contributed by atoms with Crippen LogP contribution in [-0.4, -0.2) is 52.6 Å². The molecule has 6 nitrogen and oxygen atoms in total. The van der Waals surface area contributed by atoms with Crippen molar-refractivity contribution in [1.29, 1.82) is 0 Å². The number of aliphatic imine (C=N–C) groups is 1. The van der Waals surface area contributed by atoms with E-state index in [-0.39, 0.29) is 30.1 Å². The van der Waals surface area contributed by atoms with Gasteiger partial charge in [-0.3, -0.25) is 4.99 Å². The van der Waals surface area contributed by atoms with Crippen LogP contribution in [0.1, 0.15) is 24.0 Å². The zero-order valence-corrected chi connectivity index (χ0v) is 17.7. The normalized spacial score (nSPS) is 17.1. The van der Waals surface area contributed by atoms with E-state index in [2.05, 4.69) is 27.8 Å². The number of methoxy groups -OCH3 is 1. The van der Waals surface area contributed by atoms with Gasteiger partial charge in [-0.25, -0.2) is 0 Å². The molecule has 0 aromatic heterocycles. The van der Waals surface area contributed by atoms with Crippen LogP contribution in [0.3, 0.4) is 0 Å². The van der Waals surface area contributed by atoms with Crippen LogP contribution in [0.4, 0.5) is 0 Å². The van der Waals surface area contributed by atoms with Crippen molar-refractivity contribution in [3.8, 4) is 5.75 Å². The van der Waals surface area contributed by atoms with Crippen molar-refractivity contribution in [3.63, 3.8) is 0 Å². The van der Waals surface area contributed by atoms with E-state index in [0.717, 1.165) is 62.0 Å². The second-order valence-electron chi connectivity index (χ2n) is 5.87. The van der Waals surface area contributed by atoms with E-state index in [1.54, 1.807) is 14.2 Å². The van der Waals surface area contributed by atoms with Crippen LogP contribution in [0, 0.1) is 6.92 Å². The Bertz CT molecular complexity index is 534. The molecule has 1 atom stereocenters. The second kappa shape index (κ2) is 12.3. The fourth-order valence-corrected chi connectivity index (χ4v) is 2.55. The lowest BCUT2D eigenvalue weighted by Crippen LogP contribution is -2.37. The summed E-state index contributed by atoms with van der Waals surface area (Å²) in [4.78, 5) is 4.24. The van der Waals surface area contributed by atoms with Gasteiger partial charge in [0, 0.05) is 33.4 Å². The zero-order valence-electron chi connectivity index (χ0n) is 15.3. The van der Waals surface area contributed by atoms with Crippen molar-refractivity contribution in [2.45, 2.75) is 32.4 Å². The van der Waals surface area contributed by atoms with Crippen molar-refractivity contribution in [3.05, 3.63) is 29.3 Å². The van der Waals surface area contributed by atoms with Crippen LogP contribution in [0.25, 0.3) is 0 Å². The monoisotopic (exact) mass is 463 g/mol. The molecule has 142 valence electrons. The van der Waals surface area contributed by atoms with E-state index >= 15 is 0 Å². The Morgan fingerprint density at radius 2 is 2.20 bits per heavy atom. The molecule has 2 rings (SSSR count). The molecule has 7 heteroatoms. The number of benzene rings is 1. The third kappa shape index (κ3) is 7.79. The highest BCUT2D eigenvalue weighted by molar-refractivity contribution is 14.0. The summed E-state index contributed by atoms with van der Waals surface area (Å²) in [5.41, 5.74) is 2.29. The molecule has 1 aliphatic heterocycles. The van der Waals surface area contributed by atoms with Crippen LogP contribution in [0.15, 0.2) is 23.2 Å². The number of halogens is 1. The lowest BCUT2D eigenvalue weighted by atomic mass is 10.1. The quantitative estimate of drug-likeness (QED) is 0.269. The van der Waals surface area contributed by atoms with Gasteiger partial charge in [-0.1, -0.05) is 12.1 Å². The maximum atomic E-state index is 5.75. The summed E-state index contributed by atoms with van der Waals surface area (Å²) in [5.74, 6) is 1.70. The van der Waals surface area contributed by atoms with E-state index < -0.39 is 0 Å². The van der Waals surface area contributed by atoms with Gasteiger partial charge in [0.05, 0.1) is 19.8 Å². The summed E-state index contributed by atoms with van der Waals surface area (Å²) in [6.07, 6.45) is 2.23. The van der Waals surface area contributed by atoms with E-state index in [1.807, 2.05) is 13.0 Å². The molecule has 0 spiro atoms. The highest BCUT2D eigenvalue weighted by atomic mass is 127. The van der Waals surface area contributed by atoms with Crippen molar-refractivity contribution in [2.75, 3.05) is 40.5 Å². The molecule has 0 amide bonds. The molecule has 1 fully saturated rings. The van der Waals surface area contributed by atoms with Gasteiger partial charge in [-0.15, -0.1) is 24.0 Å². The van der Waals surface area contributed by atoms with Crippen molar-refractivity contribution in [2.24, 2.45) is 4.99 Å². The number of guanidine groups is 1. The summed E-state index contributed by atoms with van der Waals surface area (Å²) in [5, 5.41) is 6.61. The van der Waals surface area contributed by atoms with Crippen LogP contribution in [0.5, 0.6) is 5.75 Å². The van der Waals surface area contributed by atoms with E-state index in [1.165, 1.54) is 0 Å². The minimum atomic E-state index is 0. The molecule has 0 aliphatic carbocycles. The highest BCUT2D eigenvalue weighted by Gasteiger charge is 2.15. The maximum absolute atomic E-state index is 5.75. The van der Waals surface area contributed by atoms with Gasteiger partial charge in [0.2, 0.25) is 0 Å². The van der Waals surface area contributed by atoms with Crippen molar-refractivity contribution in [1.82, 2.24) is 10.6 Å². The average molecular weight is 463 g/mol. The molecule has 1 aromatic rings. The third-order valence-corrected chi connectivity index (χ3v) is 4.01. The molecule has 2 N–H and O–H groups in total. The summed E-state index contributed by atoms with van der Waals surface area (Å²) >= 11 is 0. The Morgan fingerprint density at radius 3 is 2.88 bits per heavy atom. The molecule has 25 heavy (non-hydrogen) atoms. The predicted octanol–water partition coefficient (Wildman–Crippen LogP) is 2.48. The van der Waals surface area contributed by atoms with Crippen LogP contribution in [0.2, 0.25) is 0 Å². The SMILES string of the molecule is CN=C(NCCCOC1CCOC1)NCc1ccc(C)c(OC)c1.I. The number of aryl methyl sites for hydroxylation is 1. The minimum Gasteiger partial charge on any atom is -0.496 e. The number of nitrogens with zero attached hydrogens (tertiary/aromatic N) is 1. The second-order valence-corrected chi connectivity index (χ2v) is 5.87. The van der Waals surface area contributed by atoms with Gasteiger partial charge in [0.15, 0.2) is 5.96 Å². The van der Waals surface area contributed by atoms with Gasteiger partial charge in [0.1, 0.15) is 5.75 Å². The molecule has 1 aliphatic rings. The molecule has 1 heterocycles. The van der Waals surface area contributed by atoms with Crippen LogP contribution in [-0.2, 0) is 16.0 Å². The van der Waals surface area contributed by atoms with Gasteiger partial charge >= 0.3 is 0 Å². The average Bonchev–Trinajstić information content (AvgIpc) is 3.12. The van der Waals surface area contributed by atoms with Gasteiger partial charge in [-0.2, -0.15) is 0 Å². The summed E-state index contributed by atoms with van der Waals surface area (Å²) < 4.78 is 16.4. The molecule has 1 aromatic carbocycles. The fourth-order valence-electron chi connectivity index (χ4n) is 2.55. The minimum absolute atomic E-state index is 0. The molecule has 0 radical (unpaired) electrons. The van der Waals surface area contributed by atoms with Gasteiger partial charge in [-0.05, 0) is 37.0 Å². The number of rotatable bonds is 8. The third-order valence-electron chi connectivity index (χ3n) is 4.01. The van der Waals surface area contributed by atoms with Crippen molar-refractivity contribution >= 4 is 29.9 Å². The molecular weight excluding hydrogens is 433 g/mol. The summed E-state index contributed by atoms with van der Waals surface area (Å²) in [6, 6.07) is 6.21. The Morgan fingerprint density at radius 1 is 1.36 bits per heavy atom. The zero-order chi connectivity index (χ0) is 17.2. The summed E-state index contributed by atoms with van der Waals surface area (Å²) in [6.45, 7) is 5.86. The number of hydrogen-bond acceptors (Lipinski definition) is 4. The lowest BCUT2D eigenvalue weighted by molar-refractivity contribution is 0.0420. The molecule has 0 saturated carbocycles. The first-order chi connectivity index (χ1) is 11.7. The highest BCUT2D eigenvalue weighted by Crippen LogP contribution is 2.18. The first kappa shape index (κ1) is 22.0. The molecule has 1 unspecified atom stereocenters. The Hall–Kier alpha value is -1.06. The van der Waals surface area contributed by atoms with E-state index in [0.29, 0.717) is 6.54 Å². The largest absolute Gasteiger partial charge is 0.496 e. The Balaban J connectivity index is 0.00000312. The van der Waals surface area contributed by atoms with Gasteiger partial charge in [0.25, 0.3) is 0 Å². The van der Waals surface area contributed by atoms with Gasteiger partial charge < -0.3 is 24.8 Å². The number of nitrogens with one attached hydrogen (secondary N) is 2. The number of hydrogen-bond donors (Lipinski definition) is 2. The topological polar surface area (TPSA) is 64.1 Å². The predicted molar refractivity (Wildman–Crippen MR) is 111 cm³/mol. The molecular formula is C18H30IN3O3. The van der Waals surface area contributed by atoms with Crippen LogP contribution < -0.4 is 15.4 Å².